The van der Waals surface area contributed by atoms with Crippen LogP contribution in [0.4, 0.5) is 5.69 Å². The smallest absolute Gasteiger partial charge is 0.303 e. The molecule has 0 unspecified atom stereocenters. The summed E-state index contributed by atoms with van der Waals surface area (Å²) in [7, 11) is 0. The van der Waals surface area contributed by atoms with Crippen LogP contribution in [-0.2, 0) is 9.53 Å². The zero-order valence-electron chi connectivity index (χ0n) is 20.4. The third-order valence-electron chi connectivity index (χ3n) is 7.32. The van der Waals surface area contributed by atoms with Crippen LogP contribution in [0.5, 0.6) is 0 Å². The second-order valence-electron chi connectivity index (χ2n) is 9.59. The van der Waals surface area contributed by atoms with Crippen molar-refractivity contribution >= 4 is 17.6 Å². The van der Waals surface area contributed by atoms with Gasteiger partial charge in [-0.3, -0.25) is 14.5 Å². The van der Waals surface area contributed by atoms with Crippen molar-refractivity contribution in [2.45, 2.75) is 19.3 Å². The molecule has 0 aliphatic carbocycles. The van der Waals surface area contributed by atoms with Crippen molar-refractivity contribution in [3.8, 4) is 0 Å². The predicted octanol–water partition coefficient (Wildman–Crippen LogP) is 3.47. The van der Waals surface area contributed by atoms with Crippen LogP contribution in [0.15, 0.2) is 60.7 Å². The van der Waals surface area contributed by atoms with E-state index in [-0.39, 0.29) is 24.2 Å². The molecule has 2 fully saturated rings. The minimum Gasteiger partial charge on any atom is -0.481 e. The number of carbonyl (C=O) groups excluding carboxylic acids is 1. The Morgan fingerprint density at radius 1 is 0.914 bits per heavy atom. The SMILES string of the molecule is O=C(O)C[C@@H]1CCN(C(=O)c2ccccc2)C[C@@H]1CCN(CCN1CCOCC1)c1ccccc1. The zero-order chi connectivity index (χ0) is 24.5. The summed E-state index contributed by atoms with van der Waals surface area (Å²) in [6.07, 6.45) is 1.75. The first-order valence-electron chi connectivity index (χ1n) is 12.8. The van der Waals surface area contributed by atoms with Crippen molar-refractivity contribution in [2.24, 2.45) is 11.8 Å². The summed E-state index contributed by atoms with van der Waals surface area (Å²) in [5, 5.41) is 9.51. The topological polar surface area (TPSA) is 73.3 Å². The molecule has 1 N–H and O–H groups in total. The first kappa shape index (κ1) is 25.2. The molecule has 4 rings (SSSR count). The highest BCUT2D eigenvalue weighted by molar-refractivity contribution is 5.94. The lowest BCUT2D eigenvalue weighted by Gasteiger charge is -2.39. The van der Waals surface area contributed by atoms with Crippen molar-refractivity contribution in [3.63, 3.8) is 0 Å². The van der Waals surface area contributed by atoms with E-state index in [4.69, 9.17) is 4.74 Å². The van der Waals surface area contributed by atoms with Crippen LogP contribution in [0.25, 0.3) is 0 Å². The first-order chi connectivity index (χ1) is 17.1. The average molecular weight is 480 g/mol. The maximum absolute atomic E-state index is 13.1. The van der Waals surface area contributed by atoms with Gasteiger partial charge in [-0.15, -0.1) is 0 Å². The standard InChI is InChI=1S/C28H37N3O4/c32-27(33)21-24-11-14-31(28(34)23-7-3-1-4-8-23)22-25(24)12-13-30(26-9-5-2-6-10-26)16-15-29-17-19-35-20-18-29/h1-10,24-25H,11-22H2,(H,32,33)/t24-,25-/m0/s1. The van der Waals surface area contributed by atoms with E-state index in [2.05, 4.69) is 34.1 Å². The number of rotatable bonds is 10. The Hall–Kier alpha value is -2.90. The Balaban J connectivity index is 1.43. The molecule has 0 saturated carbocycles. The molecular formula is C28H37N3O4. The Morgan fingerprint density at radius 2 is 1.60 bits per heavy atom. The number of hydrogen-bond acceptors (Lipinski definition) is 5. The highest BCUT2D eigenvalue weighted by atomic mass is 16.5. The summed E-state index contributed by atoms with van der Waals surface area (Å²) in [6, 6.07) is 19.8. The number of nitrogens with zero attached hydrogens (tertiary/aromatic N) is 3. The monoisotopic (exact) mass is 479 g/mol. The molecule has 1 amide bonds. The van der Waals surface area contributed by atoms with Crippen molar-refractivity contribution in [3.05, 3.63) is 66.2 Å². The average Bonchev–Trinajstić information content (AvgIpc) is 2.90. The fourth-order valence-corrected chi connectivity index (χ4v) is 5.27. The van der Waals surface area contributed by atoms with Crippen molar-refractivity contribution < 1.29 is 19.4 Å². The van der Waals surface area contributed by atoms with E-state index in [9.17, 15) is 14.7 Å². The summed E-state index contributed by atoms with van der Waals surface area (Å²) >= 11 is 0. The number of anilines is 1. The number of carbonyl (C=O) groups is 2. The summed E-state index contributed by atoms with van der Waals surface area (Å²) in [5.74, 6) is -0.474. The van der Waals surface area contributed by atoms with Gasteiger partial charge in [0.05, 0.1) is 13.2 Å². The van der Waals surface area contributed by atoms with Crippen molar-refractivity contribution in [1.82, 2.24) is 9.80 Å². The molecule has 0 bridgehead atoms. The third-order valence-corrected chi connectivity index (χ3v) is 7.32. The van der Waals surface area contributed by atoms with Gasteiger partial charge in [0, 0.05) is 63.5 Å². The van der Waals surface area contributed by atoms with E-state index in [0.29, 0.717) is 18.7 Å². The number of hydrogen-bond donors (Lipinski definition) is 1. The van der Waals surface area contributed by atoms with Crippen LogP contribution >= 0.6 is 0 Å². The quantitative estimate of drug-likeness (QED) is 0.563. The molecule has 0 radical (unpaired) electrons. The molecule has 2 atom stereocenters. The van der Waals surface area contributed by atoms with Crippen LogP contribution in [0.2, 0.25) is 0 Å². The minimum atomic E-state index is -0.755. The van der Waals surface area contributed by atoms with E-state index in [0.717, 1.165) is 58.8 Å². The van der Waals surface area contributed by atoms with E-state index >= 15 is 0 Å². The van der Waals surface area contributed by atoms with E-state index in [1.807, 2.05) is 41.3 Å². The van der Waals surface area contributed by atoms with Gasteiger partial charge in [0.2, 0.25) is 0 Å². The maximum Gasteiger partial charge on any atom is 0.303 e. The van der Waals surface area contributed by atoms with Gasteiger partial charge in [0.25, 0.3) is 5.91 Å². The van der Waals surface area contributed by atoms with Crippen LogP contribution < -0.4 is 4.90 Å². The number of carboxylic acid groups (broad SMARTS) is 1. The number of morpholine rings is 1. The highest BCUT2D eigenvalue weighted by Crippen LogP contribution is 2.31. The molecule has 2 heterocycles. The van der Waals surface area contributed by atoms with Crippen LogP contribution in [0.3, 0.4) is 0 Å². The number of benzene rings is 2. The van der Waals surface area contributed by atoms with Crippen LogP contribution in [0, 0.1) is 11.8 Å². The fourth-order valence-electron chi connectivity index (χ4n) is 5.27. The predicted molar refractivity (Wildman–Crippen MR) is 137 cm³/mol. The lowest BCUT2D eigenvalue weighted by molar-refractivity contribution is -0.139. The van der Waals surface area contributed by atoms with E-state index < -0.39 is 5.97 Å². The molecule has 2 aliphatic rings. The highest BCUT2D eigenvalue weighted by Gasteiger charge is 2.33. The molecule has 0 aromatic heterocycles. The van der Waals surface area contributed by atoms with Gasteiger partial charge in [-0.2, -0.15) is 0 Å². The fraction of sp³-hybridized carbons (Fsp3) is 0.500. The number of amides is 1. The summed E-state index contributed by atoms with van der Waals surface area (Å²) in [6.45, 7) is 7.44. The Morgan fingerprint density at radius 3 is 2.29 bits per heavy atom. The van der Waals surface area contributed by atoms with E-state index in [1.165, 1.54) is 5.69 Å². The molecule has 7 nitrogen and oxygen atoms in total. The summed E-state index contributed by atoms with van der Waals surface area (Å²) in [5.41, 5.74) is 1.88. The summed E-state index contributed by atoms with van der Waals surface area (Å²) in [4.78, 5) is 31.4. The molecule has 7 heteroatoms. The number of aliphatic carboxylic acids is 1. The second-order valence-corrected chi connectivity index (χ2v) is 9.59. The number of piperidine rings is 1. The van der Waals surface area contributed by atoms with Gasteiger partial charge in [-0.05, 0) is 48.9 Å². The lowest BCUT2D eigenvalue weighted by atomic mass is 9.81. The normalized spacial score (nSPS) is 21.0. The maximum atomic E-state index is 13.1. The lowest BCUT2D eigenvalue weighted by Crippen LogP contribution is -2.46. The molecule has 0 spiro atoms. The van der Waals surface area contributed by atoms with Crippen LogP contribution in [-0.4, -0.2) is 85.8 Å². The van der Waals surface area contributed by atoms with Gasteiger partial charge < -0.3 is 19.6 Å². The van der Waals surface area contributed by atoms with Crippen molar-refractivity contribution in [1.29, 1.82) is 0 Å². The third kappa shape index (κ3) is 7.29. The molecule has 2 aliphatic heterocycles. The van der Waals surface area contributed by atoms with Crippen molar-refractivity contribution in [2.75, 3.05) is 63.9 Å². The number of para-hydroxylation sites is 1. The second kappa shape index (κ2) is 12.7. The Labute approximate surface area is 208 Å². The van der Waals surface area contributed by atoms with Gasteiger partial charge in [0.15, 0.2) is 0 Å². The molecule has 35 heavy (non-hydrogen) atoms. The molecule has 2 aromatic rings. The Bertz CT molecular complexity index is 934. The Kier molecular flexibility index (Phi) is 9.15. The molecule has 2 saturated heterocycles. The number of ether oxygens (including phenoxy) is 1. The van der Waals surface area contributed by atoms with Gasteiger partial charge in [0.1, 0.15) is 0 Å². The number of likely N-dealkylation sites (tertiary alicyclic amines) is 1. The largest absolute Gasteiger partial charge is 0.481 e. The molecule has 188 valence electrons. The summed E-state index contributed by atoms with van der Waals surface area (Å²) < 4.78 is 5.49. The van der Waals surface area contributed by atoms with Gasteiger partial charge >= 0.3 is 5.97 Å². The van der Waals surface area contributed by atoms with E-state index in [1.54, 1.807) is 0 Å². The minimum absolute atomic E-state index is 0.0385. The van der Waals surface area contributed by atoms with Gasteiger partial charge in [-0.25, -0.2) is 0 Å². The molecule has 2 aromatic carbocycles. The first-order valence-corrected chi connectivity index (χ1v) is 12.8. The van der Waals surface area contributed by atoms with Crippen LogP contribution in [0.1, 0.15) is 29.6 Å². The molecular weight excluding hydrogens is 442 g/mol. The number of carboxylic acids is 1. The zero-order valence-corrected chi connectivity index (χ0v) is 20.4. The van der Waals surface area contributed by atoms with Gasteiger partial charge in [-0.1, -0.05) is 36.4 Å².